The van der Waals surface area contributed by atoms with E-state index < -0.39 is 34.7 Å². The van der Waals surface area contributed by atoms with Gasteiger partial charge in [0.2, 0.25) is 10.0 Å². The highest BCUT2D eigenvalue weighted by Crippen LogP contribution is 2.25. The summed E-state index contributed by atoms with van der Waals surface area (Å²) >= 11 is 6.04. The number of esters is 2. The summed E-state index contributed by atoms with van der Waals surface area (Å²) in [5, 5.41) is 0.390. The average molecular weight is 535 g/mol. The largest absolute Gasteiger partial charge is 0.491 e. The van der Waals surface area contributed by atoms with Gasteiger partial charge in [0.25, 0.3) is 0 Å². The maximum Gasteiger partial charge on any atom is 0.491 e. The van der Waals surface area contributed by atoms with Gasteiger partial charge in [-0.15, -0.1) is 0 Å². The number of carbonyl (C=O) groups is 2. The number of ether oxygens (including phenoxy) is 2. The van der Waals surface area contributed by atoms with Crippen molar-refractivity contribution in [3.8, 4) is 5.75 Å². The fourth-order valence-corrected chi connectivity index (χ4v) is 5.06. The van der Waals surface area contributed by atoms with Gasteiger partial charge in [0.15, 0.2) is 6.61 Å². The minimum Gasteiger partial charge on any atom is -0.482 e. The standard InChI is InChI=1S/C22H22ClF3N2O6S/c23-17-6-7-19(33-15-20(29)34-21(30)22(24,25)26)16(14-17)8-9-27-10-12-28(13-11-27)35(31,32)18-4-2-1-3-5-18/h1-7,14H,8-13,15H2. The Morgan fingerprint density at radius 2 is 1.66 bits per heavy atom. The molecule has 1 aliphatic heterocycles. The van der Waals surface area contributed by atoms with E-state index in [9.17, 15) is 31.2 Å². The minimum atomic E-state index is -5.29. The Balaban J connectivity index is 1.54. The van der Waals surface area contributed by atoms with Crippen molar-refractivity contribution in [2.75, 3.05) is 39.3 Å². The van der Waals surface area contributed by atoms with Crippen LogP contribution in [0.5, 0.6) is 5.75 Å². The first-order valence-corrected chi connectivity index (χ1v) is 12.3. The number of benzene rings is 2. The second-order valence-corrected chi connectivity index (χ2v) is 9.98. The highest BCUT2D eigenvalue weighted by molar-refractivity contribution is 7.89. The number of halogens is 4. The van der Waals surface area contributed by atoms with Crippen LogP contribution in [0, 0.1) is 0 Å². The van der Waals surface area contributed by atoms with Crippen molar-refractivity contribution in [1.29, 1.82) is 0 Å². The molecule has 0 aliphatic carbocycles. The van der Waals surface area contributed by atoms with E-state index in [2.05, 4.69) is 9.64 Å². The molecule has 2 aromatic carbocycles. The molecule has 0 bridgehead atoms. The van der Waals surface area contributed by atoms with E-state index in [1.54, 1.807) is 36.4 Å². The average Bonchev–Trinajstić information content (AvgIpc) is 2.82. The first-order valence-electron chi connectivity index (χ1n) is 10.5. The van der Waals surface area contributed by atoms with Crippen LogP contribution in [0.1, 0.15) is 5.56 Å². The molecule has 35 heavy (non-hydrogen) atoms. The molecule has 190 valence electrons. The normalized spacial score (nSPS) is 15.5. The number of piperazine rings is 1. The van der Waals surface area contributed by atoms with Crippen LogP contribution in [0.15, 0.2) is 53.4 Å². The van der Waals surface area contributed by atoms with Gasteiger partial charge in [-0.05, 0) is 42.3 Å². The van der Waals surface area contributed by atoms with Crippen molar-refractivity contribution < 1.29 is 40.7 Å². The molecular weight excluding hydrogens is 513 g/mol. The van der Waals surface area contributed by atoms with Gasteiger partial charge in [-0.2, -0.15) is 17.5 Å². The van der Waals surface area contributed by atoms with Crippen molar-refractivity contribution in [3.63, 3.8) is 0 Å². The number of hydrogen-bond donors (Lipinski definition) is 0. The van der Waals surface area contributed by atoms with E-state index in [-0.39, 0.29) is 10.6 Å². The molecule has 0 amide bonds. The Bertz CT molecular complexity index is 1150. The van der Waals surface area contributed by atoms with Crippen LogP contribution in [-0.2, 0) is 30.8 Å². The SMILES string of the molecule is O=C(COc1ccc(Cl)cc1CCN1CCN(S(=O)(=O)c2ccccc2)CC1)OC(=O)C(F)(F)F. The molecule has 0 radical (unpaired) electrons. The summed E-state index contributed by atoms with van der Waals surface area (Å²) in [5.74, 6) is -3.89. The number of alkyl halides is 3. The molecule has 13 heteroatoms. The van der Waals surface area contributed by atoms with E-state index in [1.807, 2.05) is 0 Å². The molecular formula is C22H22ClF3N2O6S. The number of hydrogen-bond acceptors (Lipinski definition) is 7. The van der Waals surface area contributed by atoms with Crippen molar-refractivity contribution in [2.24, 2.45) is 0 Å². The first-order chi connectivity index (χ1) is 16.5. The van der Waals surface area contributed by atoms with E-state index in [0.29, 0.717) is 49.7 Å². The molecule has 1 saturated heterocycles. The van der Waals surface area contributed by atoms with Gasteiger partial charge < -0.3 is 14.4 Å². The van der Waals surface area contributed by atoms with Gasteiger partial charge in [-0.1, -0.05) is 29.8 Å². The maximum atomic E-state index is 12.8. The summed E-state index contributed by atoms with van der Waals surface area (Å²) in [6, 6.07) is 12.7. The van der Waals surface area contributed by atoms with Gasteiger partial charge in [0, 0.05) is 37.7 Å². The van der Waals surface area contributed by atoms with Gasteiger partial charge >= 0.3 is 18.1 Å². The van der Waals surface area contributed by atoms with Crippen molar-refractivity contribution in [2.45, 2.75) is 17.5 Å². The van der Waals surface area contributed by atoms with Gasteiger partial charge in [-0.3, -0.25) is 0 Å². The quantitative estimate of drug-likeness (QED) is 0.380. The molecule has 0 saturated carbocycles. The topological polar surface area (TPSA) is 93.2 Å². The van der Waals surface area contributed by atoms with Crippen LogP contribution in [0.3, 0.4) is 0 Å². The Labute approximate surface area is 205 Å². The molecule has 3 rings (SSSR count). The lowest BCUT2D eigenvalue weighted by Crippen LogP contribution is -2.49. The summed E-state index contributed by atoms with van der Waals surface area (Å²) in [6.45, 7) is 1.24. The summed E-state index contributed by atoms with van der Waals surface area (Å²) in [7, 11) is -3.57. The zero-order valence-electron chi connectivity index (χ0n) is 18.3. The molecule has 1 aliphatic rings. The Morgan fingerprint density at radius 3 is 2.29 bits per heavy atom. The van der Waals surface area contributed by atoms with Crippen LogP contribution in [-0.4, -0.2) is 75.1 Å². The van der Waals surface area contributed by atoms with Crippen LogP contribution in [0.2, 0.25) is 5.02 Å². The summed E-state index contributed by atoms with van der Waals surface area (Å²) < 4.78 is 72.6. The summed E-state index contributed by atoms with van der Waals surface area (Å²) in [5.41, 5.74) is 0.590. The van der Waals surface area contributed by atoms with Gasteiger partial charge in [0.05, 0.1) is 4.90 Å². The highest BCUT2D eigenvalue weighted by atomic mass is 35.5. The second-order valence-electron chi connectivity index (χ2n) is 7.61. The van der Waals surface area contributed by atoms with E-state index in [4.69, 9.17) is 16.3 Å². The number of carbonyl (C=O) groups excluding carboxylic acids is 2. The van der Waals surface area contributed by atoms with Crippen molar-refractivity contribution in [1.82, 2.24) is 9.21 Å². The molecule has 8 nitrogen and oxygen atoms in total. The van der Waals surface area contributed by atoms with Crippen molar-refractivity contribution in [3.05, 3.63) is 59.1 Å². The second kappa shape index (κ2) is 11.4. The number of nitrogens with zero attached hydrogens (tertiary/aromatic N) is 2. The third-order valence-corrected chi connectivity index (χ3v) is 7.36. The number of sulfonamides is 1. The Kier molecular flexibility index (Phi) is 8.75. The first kappa shape index (κ1) is 26.9. The van der Waals surface area contributed by atoms with E-state index >= 15 is 0 Å². The monoisotopic (exact) mass is 534 g/mol. The maximum absolute atomic E-state index is 12.8. The van der Waals surface area contributed by atoms with E-state index in [0.717, 1.165) is 0 Å². The van der Waals surface area contributed by atoms with Crippen LogP contribution >= 0.6 is 11.6 Å². The third kappa shape index (κ3) is 7.40. The molecule has 0 unspecified atom stereocenters. The predicted octanol–water partition coefficient (Wildman–Crippen LogP) is 2.90. The lowest BCUT2D eigenvalue weighted by Gasteiger charge is -2.34. The highest BCUT2D eigenvalue weighted by Gasteiger charge is 2.42. The van der Waals surface area contributed by atoms with Crippen LogP contribution < -0.4 is 4.74 Å². The fourth-order valence-electron chi connectivity index (χ4n) is 3.43. The van der Waals surface area contributed by atoms with Gasteiger partial charge in [-0.25, -0.2) is 18.0 Å². The minimum absolute atomic E-state index is 0.205. The number of rotatable bonds is 8. The molecule has 0 aromatic heterocycles. The zero-order chi connectivity index (χ0) is 25.6. The fraction of sp³-hybridized carbons (Fsp3) is 0.364. The lowest BCUT2D eigenvalue weighted by molar-refractivity contribution is -0.202. The summed E-state index contributed by atoms with van der Waals surface area (Å²) in [4.78, 5) is 24.6. The lowest BCUT2D eigenvalue weighted by atomic mass is 10.1. The Hall–Kier alpha value is -2.67. The van der Waals surface area contributed by atoms with Crippen LogP contribution in [0.4, 0.5) is 13.2 Å². The molecule has 1 heterocycles. The zero-order valence-corrected chi connectivity index (χ0v) is 19.9. The molecule has 0 N–H and O–H groups in total. The molecule has 2 aromatic rings. The van der Waals surface area contributed by atoms with E-state index in [1.165, 1.54) is 16.4 Å². The van der Waals surface area contributed by atoms with Crippen LogP contribution in [0.25, 0.3) is 0 Å². The van der Waals surface area contributed by atoms with Gasteiger partial charge in [0.1, 0.15) is 5.75 Å². The Morgan fingerprint density at radius 1 is 1.00 bits per heavy atom. The smallest absolute Gasteiger partial charge is 0.482 e. The molecule has 1 fully saturated rings. The predicted molar refractivity (Wildman–Crippen MR) is 119 cm³/mol. The third-order valence-electron chi connectivity index (χ3n) is 5.22. The molecule has 0 atom stereocenters. The van der Waals surface area contributed by atoms with Crippen molar-refractivity contribution >= 4 is 33.6 Å². The molecule has 0 spiro atoms. The summed E-state index contributed by atoms with van der Waals surface area (Å²) in [6.07, 6.45) is -4.87.